The lowest BCUT2D eigenvalue weighted by molar-refractivity contribution is -0.140. The van der Waals surface area contributed by atoms with Gasteiger partial charge in [0.05, 0.1) is 6.42 Å². The molecule has 2 aromatic carbocycles. The molecule has 7 nitrogen and oxygen atoms in total. The number of nitrogens with two attached hydrogens (primary N) is 1. The van der Waals surface area contributed by atoms with E-state index in [0.29, 0.717) is 0 Å². The number of hydrogen-bond donors (Lipinski definition) is 2. The van der Waals surface area contributed by atoms with Crippen LogP contribution in [0.25, 0.3) is 0 Å². The largest absolute Gasteiger partial charge is 0.351 e. The third-order valence-corrected chi connectivity index (χ3v) is 4.70. The summed E-state index contributed by atoms with van der Waals surface area (Å²) in [5.74, 6) is -1.80. The van der Waals surface area contributed by atoms with Crippen LogP contribution in [0.1, 0.15) is 15.9 Å². The van der Waals surface area contributed by atoms with E-state index in [-0.39, 0.29) is 44.1 Å². The summed E-state index contributed by atoms with van der Waals surface area (Å²) in [5, 5.41) is 2.64. The van der Waals surface area contributed by atoms with Gasteiger partial charge in [0.15, 0.2) is 6.17 Å². The third kappa shape index (κ3) is 4.78. The topological polar surface area (TPSA) is 95.7 Å². The molecule has 3 rings (SSSR count). The van der Waals surface area contributed by atoms with E-state index >= 15 is 0 Å². The molecule has 1 aliphatic heterocycles. The number of nitrogens with zero attached hydrogens (tertiary/aromatic N) is 2. The first-order valence-corrected chi connectivity index (χ1v) is 9.39. The number of halogens is 1. The quantitative estimate of drug-likeness (QED) is 0.751. The Kier molecular flexibility index (Phi) is 6.56. The average Bonchev–Trinajstić information content (AvgIpc) is 3.17. The van der Waals surface area contributed by atoms with Gasteiger partial charge in [-0.15, -0.1) is 0 Å². The summed E-state index contributed by atoms with van der Waals surface area (Å²) in [6, 6.07) is 14.4. The molecule has 2 aromatic rings. The highest BCUT2D eigenvalue weighted by Crippen LogP contribution is 2.20. The van der Waals surface area contributed by atoms with Crippen LogP contribution < -0.4 is 11.1 Å². The Balaban J connectivity index is 1.83. The van der Waals surface area contributed by atoms with Crippen LogP contribution in [-0.4, -0.2) is 59.9 Å². The Bertz CT molecular complexity index is 891. The van der Waals surface area contributed by atoms with Crippen molar-refractivity contribution in [1.82, 2.24) is 15.1 Å². The van der Waals surface area contributed by atoms with E-state index in [0.717, 1.165) is 11.6 Å². The monoisotopic (exact) mass is 398 g/mol. The number of carbonyl (C=O) groups is 3. The maximum Gasteiger partial charge on any atom is 0.263 e. The maximum atomic E-state index is 13.6. The average molecular weight is 398 g/mol. The Morgan fingerprint density at radius 3 is 2.45 bits per heavy atom. The fourth-order valence-electron chi connectivity index (χ4n) is 3.33. The Hall–Kier alpha value is -3.26. The second-order valence-electron chi connectivity index (χ2n) is 6.71. The molecule has 29 heavy (non-hydrogen) atoms. The minimum atomic E-state index is -1.10. The third-order valence-electron chi connectivity index (χ3n) is 4.70. The normalized spacial score (nSPS) is 16.0. The van der Waals surface area contributed by atoms with Crippen molar-refractivity contribution in [3.05, 3.63) is 71.5 Å². The molecule has 1 saturated heterocycles. The van der Waals surface area contributed by atoms with Crippen LogP contribution in [0.4, 0.5) is 4.39 Å². The van der Waals surface area contributed by atoms with E-state index < -0.39 is 23.8 Å². The number of carbonyl (C=O) groups excluding carboxylic acids is 3. The summed E-state index contributed by atoms with van der Waals surface area (Å²) >= 11 is 0. The molecule has 1 fully saturated rings. The summed E-state index contributed by atoms with van der Waals surface area (Å²) in [6.45, 7) is 0.844. The molecule has 0 saturated carbocycles. The van der Waals surface area contributed by atoms with Crippen molar-refractivity contribution >= 4 is 17.7 Å². The first-order valence-electron chi connectivity index (χ1n) is 9.39. The van der Waals surface area contributed by atoms with Gasteiger partial charge in [-0.25, -0.2) is 4.39 Å². The molecule has 0 aromatic heterocycles. The number of amides is 3. The van der Waals surface area contributed by atoms with Gasteiger partial charge in [0.25, 0.3) is 11.8 Å². The molecule has 3 N–H and O–H groups in total. The van der Waals surface area contributed by atoms with Crippen molar-refractivity contribution in [2.75, 3.05) is 26.2 Å². The van der Waals surface area contributed by atoms with Gasteiger partial charge in [-0.1, -0.05) is 36.4 Å². The summed E-state index contributed by atoms with van der Waals surface area (Å²) in [4.78, 5) is 41.3. The lowest BCUT2D eigenvalue weighted by Crippen LogP contribution is -2.54. The van der Waals surface area contributed by atoms with Gasteiger partial charge < -0.3 is 20.9 Å². The molecule has 1 heterocycles. The highest BCUT2D eigenvalue weighted by molar-refractivity contribution is 5.99. The molecule has 1 aliphatic rings. The van der Waals surface area contributed by atoms with Crippen molar-refractivity contribution in [2.24, 2.45) is 5.73 Å². The lowest BCUT2D eigenvalue weighted by Gasteiger charge is -2.29. The van der Waals surface area contributed by atoms with E-state index in [1.54, 1.807) is 0 Å². The molecule has 8 heteroatoms. The van der Waals surface area contributed by atoms with Gasteiger partial charge in [-0.2, -0.15) is 0 Å². The molecule has 0 bridgehead atoms. The Morgan fingerprint density at radius 2 is 1.76 bits per heavy atom. The van der Waals surface area contributed by atoms with E-state index in [2.05, 4.69) is 5.32 Å². The highest BCUT2D eigenvalue weighted by atomic mass is 19.1. The van der Waals surface area contributed by atoms with Gasteiger partial charge in [0.2, 0.25) is 5.91 Å². The lowest BCUT2D eigenvalue weighted by atomic mass is 10.1. The van der Waals surface area contributed by atoms with Gasteiger partial charge in [0, 0.05) is 31.7 Å². The minimum absolute atomic E-state index is 0.115. The number of rotatable bonds is 6. The highest BCUT2D eigenvalue weighted by Gasteiger charge is 2.42. The fourth-order valence-corrected chi connectivity index (χ4v) is 3.33. The smallest absolute Gasteiger partial charge is 0.263 e. The minimum Gasteiger partial charge on any atom is -0.351 e. The van der Waals surface area contributed by atoms with Crippen LogP contribution in [0, 0.1) is 5.82 Å². The van der Waals surface area contributed by atoms with Crippen molar-refractivity contribution < 1.29 is 18.8 Å². The summed E-state index contributed by atoms with van der Waals surface area (Å²) < 4.78 is 13.6. The van der Waals surface area contributed by atoms with Gasteiger partial charge in [-0.3, -0.25) is 14.4 Å². The predicted octanol–water partition coefficient (Wildman–Crippen LogP) is 0.754. The van der Waals surface area contributed by atoms with Crippen molar-refractivity contribution in [3.63, 3.8) is 0 Å². The molecular formula is C21H23FN4O3. The standard InChI is InChI=1S/C21H23FN4O3/c22-17-8-4-7-16(14-17)21(29)26-12-11-25(20(26)19(28)24-10-9-23)18(27)13-15-5-2-1-3-6-15/h1-8,14,20H,9-13,23H2,(H,24,28). The van der Waals surface area contributed by atoms with Crippen LogP contribution >= 0.6 is 0 Å². The fraction of sp³-hybridized carbons (Fsp3) is 0.286. The van der Waals surface area contributed by atoms with Crippen LogP contribution in [0.5, 0.6) is 0 Å². The number of hydrogen-bond acceptors (Lipinski definition) is 4. The number of benzene rings is 2. The van der Waals surface area contributed by atoms with Crippen LogP contribution in [-0.2, 0) is 16.0 Å². The second-order valence-corrected chi connectivity index (χ2v) is 6.71. The number of nitrogens with one attached hydrogen (secondary N) is 1. The van der Waals surface area contributed by atoms with Crippen molar-refractivity contribution in [1.29, 1.82) is 0 Å². The predicted molar refractivity (Wildman–Crippen MR) is 105 cm³/mol. The molecule has 0 radical (unpaired) electrons. The van der Waals surface area contributed by atoms with Crippen molar-refractivity contribution in [3.8, 4) is 0 Å². The van der Waals surface area contributed by atoms with Crippen LogP contribution in [0.2, 0.25) is 0 Å². The van der Waals surface area contributed by atoms with E-state index in [1.807, 2.05) is 30.3 Å². The summed E-state index contributed by atoms with van der Waals surface area (Å²) in [7, 11) is 0. The molecule has 152 valence electrons. The van der Waals surface area contributed by atoms with Crippen molar-refractivity contribution in [2.45, 2.75) is 12.6 Å². The van der Waals surface area contributed by atoms with Crippen LogP contribution in [0.15, 0.2) is 54.6 Å². The van der Waals surface area contributed by atoms with Gasteiger partial charge in [-0.05, 0) is 23.8 Å². The SMILES string of the molecule is NCCNC(=O)C1N(C(=O)Cc2ccccc2)CCN1C(=O)c1cccc(F)c1. The molecule has 1 atom stereocenters. The zero-order chi connectivity index (χ0) is 20.8. The summed E-state index contributed by atoms with van der Waals surface area (Å²) in [5.41, 5.74) is 6.39. The first-order chi connectivity index (χ1) is 14.0. The van der Waals surface area contributed by atoms with E-state index in [4.69, 9.17) is 5.73 Å². The second kappa shape index (κ2) is 9.29. The molecule has 3 amide bonds. The van der Waals surface area contributed by atoms with Gasteiger partial charge in [0.1, 0.15) is 5.82 Å². The Labute approximate surface area is 168 Å². The zero-order valence-corrected chi connectivity index (χ0v) is 15.9. The zero-order valence-electron chi connectivity index (χ0n) is 15.9. The molecule has 0 aliphatic carbocycles. The van der Waals surface area contributed by atoms with E-state index in [9.17, 15) is 18.8 Å². The van der Waals surface area contributed by atoms with Crippen LogP contribution in [0.3, 0.4) is 0 Å². The summed E-state index contributed by atoms with van der Waals surface area (Å²) in [6.07, 6.45) is -0.989. The Morgan fingerprint density at radius 1 is 1.03 bits per heavy atom. The first kappa shape index (κ1) is 20.5. The van der Waals surface area contributed by atoms with E-state index in [1.165, 1.54) is 28.0 Å². The maximum absolute atomic E-state index is 13.6. The molecule has 1 unspecified atom stereocenters. The molecular weight excluding hydrogens is 375 g/mol. The molecule has 0 spiro atoms. The van der Waals surface area contributed by atoms with Gasteiger partial charge >= 0.3 is 0 Å².